The number of anilines is 1. The molecule has 0 N–H and O–H groups in total. The monoisotopic (exact) mass is 288 g/mol. The lowest BCUT2D eigenvalue weighted by atomic mass is 10.1. The Bertz CT molecular complexity index is 573. The molecule has 0 bridgehead atoms. The average molecular weight is 289 g/mol. The van der Waals surface area contributed by atoms with Gasteiger partial charge in [0.1, 0.15) is 5.82 Å². The van der Waals surface area contributed by atoms with Crippen LogP contribution in [0.2, 0.25) is 0 Å². The number of halogens is 1. The number of aromatic nitrogens is 1. The van der Waals surface area contributed by atoms with E-state index in [4.69, 9.17) is 10.7 Å². The zero-order valence-corrected chi connectivity index (χ0v) is 11.4. The van der Waals surface area contributed by atoms with Crippen molar-refractivity contribution < 1.29 is 13.2 Å². The van der Waals surface area contributed by atoms with Crippen LogP contribution in [0.25, 0.3) is 0 Å². The average Bonchev–Trinajstić information content (AvgIpc) is 2.56. The fraction of sp³-hybridized carbons (Fsp3) is 0.455. The van der Waals surface area contributed by atoms with Gasteiger partial charge in [-0.1, -0.05) is 6.07 Å². The smallest absolute Gasteiger partial charge is 0.232 e. The van der Waals surface area contributed by atoms with Crippen molar-refractivity contribution in [1.82, 2.24) is 4.98 Å². The van der Waals surface area contributed by atoms with Gasteiger partial charge in [0.05, 0.1) is 5.75 Å². The Hall–Kier alpha value is -1.14. The number of carbonyl (C=O) groups excluding carboxylic acids is 1. The largest absolute Gasteiger partial charge is 0.296 e. The van der Waals surface area contributed by atoms with E-state index in [9.17, 15) is 13.2 Å². The number of hydrogen-bond acceptors (Lipinski definition) is 4. The van der Waals surface area contributed by atoms with Gasteiger partial charge < -0.3 is 0 Å². The standard InChI is InChI=1S/C11H13ClN2O3S/c1-8-3-2-4-10(13-8)14-6-9(5-11(14)15)7-18(12,16)17/h2-4,9H,5-7H2,1H3. The third-order valence-corrected chi connectivity index (χ3v) is 4.04. The summed E-state index contributed by atoms with van der Waals surface area (Å²) in [5.41, 5.74) is 0.814. The predicted molar refractivity (Wildman–Crippen MR) is 69.1 cm³/mol. The summed E-state index contributed by atoms with van der Waals surface area (Å²) in [5, 5.41) is 0. The number of pyridine rings is 1. The van der Waals surface area contributed by atoms with Crippen LogP contribution in [0, 0.1) is 12.8 Å². The molecule has 2 heterocycles. The summed E-state index contributed by atoms with van der Waals surface area (Å²) in [7, 11) is 1.63. The van der Waals surface area contributed by atoms with Crippen LogP contribution in [0.3, 0.4) is 0 Å². The molecule has 1 atom stereocenters. The van der Waals surface area contributed by atoms with Crippen molar-refractivity contribution in [2.24, 2.45) is 5.92 Å². The molecule has 0 radical (unpaired) electrons. The van der Waals surface area contributed by atoms with Gasteiger partial charge in [0.25, 0.3) is 0 Å². The molecule has 18 heavy (non-hydrogen) atoms. The van der Waals surface area contributed by atoms with Gasteiger partial charge in [-0.25, -0.2) is 13.4 Å². The normalized spacial score (nSPS) is 20.4. The second-order valence-electron chi connectivity index (χ2n) is 4.42. The number of nitrogens with zero attached hydrogens (tertiary/aromatic N) is 2. The lowest BCUT2D eigenvalue weighted by Gasteiger charge is -2.15. The molecule has 1 fully saturated rings. The number of carbonyl (C=O) groups is 1. The molecule has 1 amide bonds. The Balaban J connectivity index is 2.15. The van der Waals surface area contributed by atoms with E-state index in [-0.39, 0.29) is 24.0 Å². The first-order valence-corrected chi connectivity index (χ1v) is 7.99. The second-order valence-corrected chi connectivity index (χ2v) is 7.24. The topological polar surface area (TPSA) is 67.3 Å². The van der Waals surface area contributed by atoms with Crippen LogP contribution >= 0.6 is 10.7 Å². The molecule has 98 valence electrons. The van der Waals surface area contributed by atoms with Crippen molar-refractivity contribution in [2.45, 2.75) is 13.3 Å². The first-order chi connectivity index (χ1) is 8.35. The zero-order chi connectivity index (χ0) is 13.3. The molecule has 1 unspecified atom stereocenters. The summed E-state index contributed by atoms with van der Waals surface area (Å²) in [6.07, 6.45) is 0.196. The third-order valence-electron chi connectivity index (χ3n) is 2.79. The minimum Gasteiger partial charge on any atom is -0.296 e. The summed E-state index contributed by atoms with van der Waals surface area (Å²) in [6, 6.07) is 5.39. The van der Waals surface area contributed by atoms with Gasteiger partial charge in [0.15, 0.2) is 0 Å². The second kappa shape index (κ2) is 4.85. The highest BCUT2D eigenvalue weighted by atomic mass is 35.7. The number of hydrogen-bond donors (Lipinski definition) is 0. The van der Waals surface area contributed by atoms with E-state index < -0.39 is 9.05 Å². The highest BCUT2D eigenvalue weighted by Gasteiger charge is 2.33. The maximum Gasteiger partial charge on any atom is 0.232 e. The molecule has 1 aromatic heterocycles. The van der Waals surface area contributed by atoms with Crippen molar-refractivity contribution in [3.8, 4) is 0 Å². The Morgan fingerprint density at radius 1 is 1.50 bits per heavy atom. The quantitative estimate of drug-likeness (QED) is 0.787. The van der Waals surface area contributed by atoms with Crippen molar-refractivity contribution in [3.63, 3.8) is 0 Å². The van der Waals surface area contributed by atoms with E-state index in [1.165, 1.54) is 4.90 Å². The fourth-order valence-corrected chi connectivity index (χ4v) is 3.40. The summed E-state index contributed by atoms with van der Waals surface area (Å²) in [4.78, 5) is 17.6. The minimum absolute atomic E-state index is 0.113. The van der Waals surface area contributed by atoms with Crippen LogP contribution in [-0.4, -0.2) is 31.6 Å². The van der Waals surface area contributed by atoms with Gasteiger partial charge in [-0.3, -0.25) is 9.69 Å². The van der Waals surface area contributed by atoms with Crippen molar-refractivity contribution in [3.05, 3.63) is 23.9 Å². The molecule has 1 saturated heterocycles. The van der Waals surface area contributed by atoms with E-state index in [1.54, 1.807) is 6.07 Å². The van der Waals surface area contributed by atoms with E-state index >= 15 is 0 Å². The molecular formula is C11H13ClN2O3S. The number of aryl methyl sites for hydroxylation is 1. The number of rotatable bonds is 3. The lowest BCUT2D eigenvalue weighted by Crippen LogP contribution is -2.26. The van der Waals surface area contributed by atoms with Gasteiger partial charge in [0.2, 0.25) is 15.0 Å². The van der Waals surface area contributed by atoms with Gasteiger partial charge in [-0.15, -0.1) is 0 Å². The third kappa shape index (κ3) is 3.20. The Labute approximate surface area is 110 Å². The summed E-state index contributed by atoms with van der Waals surface area (Å²) >= 11 is 0. The Kier molecular flexibility index (Phi) is 3.59. The summed E-state index contributed by atoms with van der Waals surface area (Å²) in [6.45, 7) is 2.19. The van der Waals surface area contributed by atoms with Gasteiger partial charge in [-0.05, 0) is 19.1 Å². The van der Waals surface area contributed by atoms with Gasteiger partial charge >= 0.3 is 0 Å². The molecule has 7 heteroatoms. The predicted octanol–water partition coefficient (Wildman–Crippen LogP) is 1.31. The van der Waals surface area contributed by atoms with Crippen LogP contribution in [-0.2, 0) is 13.8 Å². The SMILES string of the molecule is Cc1cccc(N2CC(CS(=O)(=O)Cl)CC2=O)n1. The molecule has 0 aromatic carbocycles. The molecule has 0 aliphatic carbocycles. The van der Waals surface area contributed by atoms with Crippen molar-refractivity contribution in [1.29, 1.82) is 0 Å². The summed E-state index contributed by atoms with van der Waals surface area (Å²) in [5.74, 6) is 0.0120. The molecule has 1 aliphatic rings. The molecule has 0 spiro atoms. The van der Waals surface area contributed by atoms with E-state index in [2.05, 4.69) is 4.98 Å². The zero-order valence-electron chi connectivity index (χ0n) is 9.84. The molecular weight excluding hydrogens is 276 g/mol. The summed E-state index contributed by atoms with van der Waals surface area (Å²) < 4.78 is 22.0. The van der Waals surface area contributed by atoms with E-state index in [1.807, 2.05) is 19.1 Å². The van der Waals surface area contributed by atoms with Crippen LogP contribution < -0.4 is 4.90 Å². The molecule has 1 aliphatic heterocycles. The van der Waals surface area contributed by atoms with E-state index in [0.717, 1.165) is 5.69 Å². The molecule has 0 saturated carbocycles. The van der Waals surface area contributed by atoms with Crippen molar-refractivity contribution >= 4 is 31.5 Å². The van der Waals surface area contributed by atoms with Crippen molar-refractivity contribution in [2.75, 3.05) is 17.2 Å². The number of amides is 1. The van der Waals surface area contributed by atoms with Gasteiger partial charge in [-0.2, -0.15) is 0 Å². The Morgan fingerprint density at radius 3 is 2.83 bits per heavy atom. The first-order valence-electron chi connectivity index (χ1n) is 5.51. The van der Waals surface area contributed by atoms with Crippen LogP contribution in [0.15, 0.2) is 18.2 Å². The minimum atomic E-state index is -3.57. The van der Waals surface area contributed by atoms with Gasteiger partial charge in [0, 0.05) is 35.3 Å². The van der Waals surface area contributed by atoms with Crippen LogP contribution in [0.1, 0.15) is 12.1 Å². The van der Waals surface area contributed by atoms with E-state index in [0.29, 0.717) is 12.4 Å². The molecule has 5 nitrogen and oxygen atoms in total. The fourth-order valence-electron chi connectivity index (χ4n) is 2.08. The maximum absolute atomic E-state index is 11.8. The maximum atomic E-state index is 11.8. The lowest BCUT2D eigenvalue weighted by molar-refractivity contribution is -0.117. The first kappa shape index (κ1) is 13.3. The molecule has 1 aromatic rings. The Morgan fingerprint density at radius 2 is 2.22 bits per heavy atom. The highest BCUT2D eigenvalue weighted by molar-refractivity contribution is 8.13. The van der Waals surface area contributed by atoms with Crippen LogP contribution in [0.5, 0.6) is 0 Å². The molecule has 2 rings (SSSR count). The van der Waals surface area contributed by atoms with Crippen LogP contribution in [0.4, 0.5) is 5.82 Å². The highest BCUT2D eigenvalue weighted by Crippen LogP contribution is 2.25.